The van der Waals surface area contributed by atoms with Crippen molar-refractivity contribution in [1.82, 2.24) is 14.8 Å². The van der Waals surface area contributed by atoms with Crippen LogP contribution in [0.25, 0.3) is 16.6 Å². The molecule has 4 rings (SSSR count). The summed E-state index contributed by atoms with van der Waals surface area (Å²) in [6.45, 7) is 0.986. The summed E-state index contributed by atoms with van der Waals surface area (Å²) in [5, 5.41) is 19.8. The summed E-state index contributed by atoms with van der Waals surface area (Å²) in [7, 11) is 0. The molecule has 0 fully saturated rings. The van der Waals surface area contributed by atoms with Crippen LogP contribution in [-0.4, -0.2) is 20.7 Å². The number of nitriles is 1. The van der Waals surface area contributed by atoms with E-state index in [1.807, 2.05) is 6.07 Å². The van der Waals surface area contributed by atoms with E-state index >= 15 is 0 Å². The van der Waals surface area contributed by atoms with Crippen molar-refractivity contribution in [2.75, 3.05) is 5.32 Å². The Balaban J connectivity index is 1.68. The molecule has 0 saturated heterocycles. The number of H-pyrrole nitrogens is 1. The molecule has 0 saturated carbocycles. The van der Waals surface area contributed by atoms with E-state index in [-0.39, 0.29) is 22.8 Å². The fourth-order valence-electron chi connectivity index (χ4n) is 3.46. The van der Waals surface area contributed by atoms with E-state index in [0.717, 1.165) is 0 Å². The number of hydrogen-bond donors (Lipinski definition) is 2. The second kappa shape index (κ2) is 8.65. The Hall–Kier alpha value is -3.96. The highest BCUT2D eigenvalue weighted by molar-refractivity contribution is 6.31. The summed E-state index contributed by atoms with van der Waals surface area (Å²) in [5.74, 6) is -0.683. The quantitative estimate of drug-likeness (QED) is 0.469. The number of carbonyl (C=O) groups excluding carboxylic acids is 1. The summed E-state index contributed by atoms with van der Waals surface area (Å²) in [4.78, 5) is 25.9. The van der Waals surface area contributed by atoms with Gasteiger partial charge in [-0.05, 0) is 36.8 Å². The van der Waals surface area contributed by atoms with Gasteiger partial charge in [-0.3, -0.25) is 19.3 Å². The smallest absolute Gasteiger partial charge is 0.264 e. The molecule has 9 heteroatoms. The highest BCUT2D eigenvalue weighted by atomic mass is 35.5. The number of rotatable bonds is 5. The minimum Gasteiger partial charge on any atom is -0.325 e. The summed E-state index contributed by atoms with van der Waals surface area (Å²) in [6, 6.07) is 13.5. The average Bonchev–Trinajstić information content (AvgIpc) is 3.28. The Kier molecular flexibility index (Phi) is 5.75. The molecule has 0 aliphatic heterocycles. The molecule has 1 amide bonds. The molecule has 0 bridgehead atoms. The summed E-state index contributed by atoms with van der Waals surface area (Å²) >= 11 is 5.96. The van der Waals surface area contributed by atoms with Crippen molar-refractivity contribution < 1.29 is 9.18 Å². The monoisotopic (exact) mass is 449 g/mol. The van der Waals surface area contributed by atoms with Crippen LogP contribution in [-0.2, 0) is 11.5 Å². The first-order valence-electron chi connectivity index (χ1n) is 9.68. The number of amides is 1. The molecule has 32 heavy (non-hydrogen) atoms. The van der Waals surface area contributed by atoms with E-state index in [9.17, 15) is 19.2 Å². The number of aromatic nitrogens is 3. The predicted octanol–water partition coefficient (Wildman–Crippen LogP) is 4.45. The maximum absolute atomic E-state index is 13.1. The molecule has 7 nitrogen and oxygen atoms in total. The minimum atomic E-state index is -0.722. The van der Waals surface area contributed by atoms with Crippen molar-refractivity contribution >= 4 is 34.0 Å². The molecule has 160 valence electrons. The number of alkyl halides is 1. The van der Waals surface area contributed by atoms with Gasteiger partial charge in [-0.2, -0.15) is 10.4 Å². The Bertz CT molecular complexity index is 1440. The molecule has 0 aliphatic carbocycles. The molecule has 2 N–H and O–H groups in total. The molecule has 2 heterocycles. The first-order valence-corrected chi connectivity index (χ1v) is 10.1. The second-order valence-corrected chi connectivity index (χ2v) is 7.59. The molecule has 1 unspecified atom stereocenters. The molecule has 0 aliphatic rings. The highest BCUT2D eigenvalue weighted by Gasteiger charge is 2.19. The van der Waals surface area contributed by atoms with Crippen LogP contribution in [0.4, 0.5) is 10.1 Å². The normalized spacial score (nSPS) is 11.8. The number of halogens is 2. The fourth-order valence-corrected chi connectivity index (χ4v) is 3.63. The van der Waals surface area contributed by atoms with E-state index < -0.39 is 12.6 Å². The third kappa shape index (κ3) is 3.74. The van der Waals surface area contributed by atoms with Crippen LogP contribution in [0.5, 0.6) is 0 Å². The van der Waals surface area contributed by atoms with Crippen LogP contribution in [0.3, 0.4) is 0 Å². The van der Waals surface area contributed by atoms with Gasteiger partial charge < -0.3 is 5.32 Å². The van der Waals surface area contributed by atoms with E-state index in [1.165, 1.54) is 17.0 Å². The number of benzene rings is 2. The van der Waals surface area contributed by atoms with Crippen molar-refractivity contribution in [3.05, 3.63) is 86.9 Å². The first-order chi connectivity index (χ1) is 15.4. The Morgan fingerprint density at radius 2 is 2.12 bits per heavy atom. The van der Waals surface area contributed by atoms with Gasteiger partial charge in [0.2, 0.25) is 5.91 Å². The van der Waals surface area contributed by atoms with Gasteiger partial charge in [0.25, 0.3) is 5.56 Å². The Morgan fingerprint density at radius 1 is 1.31 bits per heavy atom. The van der Waals surface area contributed by atoms with Gasteiger partial charge in [0.15, 0.2) is 5.82 Å². The standard InChI is InChI=1S/C23H17ClFN5O2/c1-13(14-5-6-19(24)15(9-14)10-25)22(31)28-20-4-2-3-18-17(20)7-8-30(23(18)32)21-16(11-26)12-27-29-21/h2-9,12-13H,10H2,1H3,(H,27,29)(H,28,31). The second-order valence-electron chi connectivity index (χ2n) is 7.19. The molecule has 1 atom stereocenters. The number of nitrogens with zero attached hydrogens (tertiary/aromatic N) is 3. The van der Waals surface area contributed by atoms with E-state index in [2.05, 4.69) is 15.5 Å². The summed E-state index contributed by atoms with van der Waals surface area (Å²) in [5.41, 5.74) is 1.28. The number of pyridine rings is 1. The number of anilines is 1. The van der Waals surface area contributed by atoms with Crippen molar-refractivity contribution in [3.8, 4) is 11.9 Å². The summed E-state index contributed by atoms with van der Waals surface area (Å²) < 4.78 is 14.4. The topological polar surface area (TPSA) is 104 Å². The van der Waals surface area contributed by atoms with Crippen LogP contribution in [0.15, 0.2) is 59.7 Å². The first kappa shape index (κ1) is 21.3. The third-order valence-electron chi connectivity index (χ3n) is 5.28. The molecular weight excluding hydrogens is 433 g/mol. The van der Waals surface area contributed by atoms with Gasteiger partial charge in [-0.15, -0.1) is 0 Å². The van der Waals surface area contributed by atoms with Gasteiger partial charge in [-0.25, -0.2) is 4.39 Å². The zero-order chi connectivity index (χ0) is 22.8. The van der Waals surface area contributed by atoms with Crippen LogP contribution < -0.4 is 10.9 Å². The highest BCUT2D eigenvalue weighted by Crippen LogP contribution is 2.27. The van der Waals surface area contributed by atoms with Crippen LogP contribution in [0.2, 0.25) is 5.02 Å². The summed E-state index contributed by atoms with van der Waals surface area (Å²) in [6.07, 6.45) is 2.92. The number of nitrogens with one attached hydrogen (secondary N) is 2. The molecule has 4 aromatic rings. The van der Waals surface area contributed by atoms with Crippen LogP contribution in [0.1, 0.15) is 29.5 Å². The van der Waals surface area contributed by atoms with Crippen molar-refractivity contribution in [3.63, 3.8) is 0 Å². The fraction of sp³-hybridized carbons (Fsp3) is 0.130. The number of hydrogen-bond acceptors (Lipinski definition) is 4. The zero-order valence-corrected chi connectivity index (χ0v) is 17.7. The van der Waals surface area contributed by atoms with E-state index in [0.29, 0.717) is 32.6 Å². The van der Waals surface area contributed by atoms with Gasteiger partial charge >= 0.3 is 0 Å². The minimum absolute atomic E-state index is 0.203. The predicted molar refractivity (Wildman–Crippen MR) is 120 cm³/mol. The van der Waals surface area contributed by atoms with Gasteiger partial charge in [0.1, 0.15) is 18.3 Å². The number of fused-ring (bicyclic) bond motifs is 1. The molecular formula is C23H17ClFN5O2. The lowest BCUT2D eigenvalue weighted by Gasteiger charge is -2.15. The van der Waals surface area contributed by atoms with Crippen LogP contribution in [0, 0.1) is 11.3 Å². The van der Waals surface area contributed by atoms with Crippen molar-refractivity contribution in [2.45, 2.75) is 19.5 Å². The molecule has 2 aromatic heterocycles. The molecule has 2 aromatic carbocycles. The van der Waals surface area contributed by atoms with Gasteiger partial charge in [0.05, 0.1) is 5.92 Å². The lowest BCUT2D eigenvalue weighted by atomic mass is 9.98. The average molecular weight is 450 g/mol. The third-order valence-corrected chi connectivity index (χ3v) is 5.65. The lowest BCUT2D eigenvalue weighted by Crippen LogP contribution is -2.21. The van der Waals surface area contributed by atoms with E-state index in [1.54, 1.807) is 49.4 Å². The maximum Gasteiger partial charge on any atom is 0.264 e. The van der Waals surface area contributed by atoms with E-state index in [4.69, 9.17) is 11.6 Å². The number of aromatic amines is 1. The van der Waals surface area contributed by atoms with Crippen molar-refractivity contribution in [2.24, 2.45) is 0 Å². The maximum atomic E-state index is 13.1. The van der Waals surface area contributed by atoms with Crippen LogP contribution >= 0.6 is 11.6 Å². The Morgan fingerprint density at radius 3 is 2.88 bits per heavy atom. The SMILES string of the molecule is CC(C(=O)Nc1cccc2c(=O)n(-c3n[nH]cc3C#N)ccc12)c1ccc(Cl)c(CF)c1. The Labute approximate surface area is 187 Å². The van der Waals surface area contributed by atoms with Gasteiger partial charge in [0, 0.05) is 39.4 Å². The number of carbonyl (C=O) groups is 1. The molecule has 0 radical (unpaired) electrons. The van der Waals surface area contributed by atoms with Gasteiger partial charge in [-0.1, -0.05) is 29.8 Å². The molecule has 0 spiro atoms. The largest absolute Gasteiger partial charge is 0.325 e. The van der Waals surface area contributed by atoms with Crippen molar-refractivity contribution in [1.29, 1.82) is 5.26 Å². The lowest BCUT2D eigenvalue weighted by molar-refractivity contribution is -0.117. The zero-order valence-electron chi connectivity index (χ0n) is 16.9.